The van der Waals surface area contributed by atoms with Gasteiger partial charge in [0.05, 0.1) is 21.8 Å². The Bertz CT molecular complexity index is 1930. The van der Waals surface area contributed by atoms with Crippen molar-refractivity contribution in [3.8, 4) is 11.5 Å². The molecule has 2 nitrogen and oxygen atoms in total. The maximum Gasteiger partial charge on any atom is 0.170 e. The Morgan fingerprint density at radius 3 is 1.19 bits per heavy atom. The highest BCUT2D eigenvalue weighted by molar-refractivity contribution is 7.97. The first-order valence-corrected chi connectivity index (χ1v) is 20.2. The zero-order valence-corrected chi connectivity index (χ0v) is 31.9. The topological polar surface area (TPSA) is 18.5 Å². The molecule has 0 N–H and O–H groups in total. The smallest absolute Gasteiger partial charge is 0.170 e. The third-order valence-electron chi connectivity index (χ3n) is 8.63. The van der Waals surface area contributed by atoms with Gasteiger partial charge in [0, 0.05) is 12.1 Å². The summed E-state index contributed by atoms with van der Waals surface area (Å²) < 4.78 is 40.8. The van der Waals surface area contributed by atoms with Crippen LogP contribution in [0.25, 0.3) is 0 Å². The fourth-order valence-corrected chi connectivity index (χ4v) is 10.4. The highest BCUT2D eigenvalue weighted by Crippen LogP contribution is 2.39. The van der Waals surface area contributed by atoms with Crippen LogP contribution in [0.5, 0.6) is 11.5 Å². The molecule has 0 spiro atoms. The molecule has 0 aromatic heterocycles. The van der Waals surface area contributed by atoms with Gasteiger partial charge in [-0.25, -0.2) is 8.78 Å². The maximum atomic E-state index is 14.5. The third kappa shape index (κ3) is 9.67. The average molecular weight is 733 g/mol. The number of ether oxygens (including phenoxy) is 2. The van der Waals surface area contributed by atoms with E-state index in [4.69, 9.17) is 9.47 Å². The normalized spacial score (nSPS) is 13.8. The van der Waals surface area contributed by atoms with Gasteiger partial charge < -0.3 is 9.47 Å². The van der Waals surface area contributed by atoms with Crippen molar-refractivity contribution in [1.29, 1.82) is 0 Å². The van der Waals surface area contributed by atoms with E-state index in [0.29, 0.717) is 11.5 Å². The summed E-state index contributed by atoms with van der Waals surface area (Å²) in [7, 11) is -0.605. The summed E-state index contributed by atoms with van der Waals surface area (Å²) in [5.41, 5.74) is -0.699. The summed E-state index contributed by atoms with van der Waals surface area (Å²) in [5.74, 6) is 0.0653. The summed E-state index contributed by atoms with van der Waals surface area (Å²) in [4.78, 5) is 6.94. The van der Waals surface area contributed by atoms with Crippen molar-refractivity contribution in [3.63, 3.8) is 0 Å². The van der Waals surface area contributed by atoms with Gasteiger partial charge in [-0.15, -0.1) is 0 Å². The number of rotatable bonds is 9. The molecular weight excluding hydrogens is 687 g/mol. The zero-order chi connectivity index (χ0) is 36.6. The van der Waals surface area contributed by atoms with Crippen molar-refractivity contribution in [2.45, 2.75) is 94.0 Å². The van der Waals surface area contributed by atoms with Crippen LogP contribution in [-0.4, -0.2) is 11.2 Å². The van der Waals surface area contributed by atoms with Crippen LogP contribution in [-0.2, 0) is 21.8 Å². The molecule has 0 heterocycles. The van der Waals surface area contributed by atoms with Crippen LogP contribution >= 0.6 is 0 Å². The van der Waals surface area contributed by atoms with Gasteiger partial charge in [-0.1, -0.05) is 72.8 Å². The molecule has 0 aliphatic heterocycles. The molecule has 6 heteroatoms. The summed E-state index contributed by atoms with van der Waals surface area (Å²) in [6.45, 7) is 7.87. The monoisotopic (exact) mass is 732 g/mol. The number of halogens is 2. The van der Waals surface area contributed by atoms with E-state index in [9.17, 15) is 8.78 Å². The lowest BCUT2D eigenvalue weighted by Gasteiger charge is -2.26. The van der Waals surface area contributed by atoms with E-state index in [1.54, 1.807) is 6.07 Å². The molecule has 1 aliphatic carbocycles. The molecule has 0 radical (unpaired) electrons. The summed E-state index contributed by atoms with van der Waals surface area (Å²) in [5, 5.41) is 0. The Morgan fingerprint density at radius 2 is 0.827 bits per heavy atom. The van der Waals surface area contributed by atoms with Crippen LogP contribution < -0.4 is 9.47 Å². The maximum absolute atomic E-state index is 14.5. The van der Waals surface area contributed by atoms with E-state index in [0.717, 1.165) is 35.5 Å². The second-order valence-electron chi connectivity index (χ2n) is 14.0. The summed E-state index contributed by atoms with van der Waals surface area (Å²) >= 11 is 0. The highest BCUT2D eigenvalue weighted by atomic mass is 32.2. The predicted octanol–water partition coefficient (Wildman–Crippen LogP) is 12.7. The first-order chi connectivity index (χ1) is 25.1. The molecule has 266 valence electrons. The lowest BCUT2D eigenvalue weighted by atomic mass is 10.1. The minimum atomic E-state index is -0.447. The van der Waals surface area contributed by atoms with Gasteiger partial charge in [0.25, 0.3) is 0 Å². The van der Waals surface area contributed by atoms with E-state index in [1.165, 1.54) is 25.6 Å². The van der Waals surface area contributed by atoms with Gasteiger partial charge in [0.15, 0.2) is 52.5 Å². The molecule has 0 amide bonds. The summed E-state index contributed by atoms with van der Waals surface area (Å²) in [6, 6.07) is 52.0. The SMILES string of the molecule is CC(C)(C)Oc1cc([S+](c2ccccc2)c2ccccc2)ccc1F.CC1(Oc2cc([S+](c3ccccc3)c3ccccc3)ccc2F)CCCC1. The van der Waals surface area contributed by atoms with Gasteiger partial charge in [0.1, 0.15) is 11.2 Å². The average Bonchev–Trinajstić information content (AvgIpc) is 3.58. The van der Waals surface area contributed by atoms with Crippen LogP contribution in [0.3, 0.4) is 0 Å². The molecule has 1 saturated carbocycles. The van der Waals surface area contributed by atoms with E-state index in [-0.39, 0.29) is 39.0 Å². The molecular formula is C46H46F2O2S2+2. The van der Waals surface area contributed by atoms with E-state index >= 15 is 0 Å². The second-order valence-corrected chi connectivity index (χ2v) is 18.1. The molecule has 7 rings (SSSR count). The Balaban J connectivity index is 0.000000179. The Labute approximate surface area is 313 Å². The third-order valence-corrected chi connectivity index (χ3v) is 13.1. The first-order valence-electron chi connectivity index (χ1n) is 17.7. The van der Waals surface area contributed by atoms with Crippen LogP contribution in [0.1, 0.15) is 53.4 Å². The van der Waals surface area contributed by atoms with Crippen LogP contribution in [0, 0.1) is 11.6 Å². The number of hydrogen-bond donors (Lipinski definition) is 0. The minimum Gasteiger partial charge on any atom is -0.485 e. The van der Waals surface area contributed by atoms with Gasteiger partial charge in [-0.2, -0.15) is 0 Å². The highest BCUT2D eigenvalue weighted by Gasteiger charge is 2.34. The Kier molecular flexibility index (Phi) is 12.1. The molecule has 1 fully saturated rings. The van der Waals surface area contributed by atoms with Gasteiger partial charge in [-0.05, 0) is 126 Å². The van der Waals surface area contributed by atoms with Gasteiger partial charge in [-0.3, -0.25) is 0 Å². The van der Waals surface area contributed by atoms with Crippen LogP contribution in [0.4, 0.5) is 8.78 Å². The van der Waals surface area contributed by atoms with Gasteiger partial charge >= 0.3 is 0 Å². The number of hydrogen-bond acceptors (Lipinski definition) is 2. The molecule has 6 aromatic carbocycles. The molecule has 6 aromatic rings. The van der Waals surface area contributed by atoms with Crippen LogP contribution in [0.15, 0.2) is 187 Å². The lowest BCUT2D eigenvalue weighted by molar-refractivity contribution is 0.0910. The predicted molar refractivity (Wildman–Crippen MR) is 211 cm³/mol. The van der Waals surface area contributed by atoms with Crippen molar-refractivity contribution in [1.82, 2.24) is 0 Å². The Morgan fingerprint density at radius 1 is 0.481 bits per heavy atom. The van der Waals surface area contributed by atoms with Crippen molar-refractivity contribution in [3.05, 3.63) is 169 Å². The number of benzene rings is 6. The van der Waals surface area contributed by atoms with Crippen molar-refractivity contribution in [2.75, 3.05) is 0 Å². The molecule has 0 unspecified atom stereocenters. The van der Waals surface area contributed by atoms with Crippen molar-refractivity contribution < 1.29 is 18.3 Å². The van der Waals surface area contributed by atoms with Crippen LogP contribution in [0.2, 0.25) is 0 Å². The zero-order valence-electron chi connectivity index (χ0n) is 30.2. The van der Waals surface area contributed by atoms with Gasteiger partial charge in [0.2, 0.25) is 0 Å². The van der Waals surface area contributed by atoms with E-state index in [2.05, 4.69) is 79.7 Å². The standard InChI is InChI=1S/C24H24FOS.C22H22FOS/c1-24(16-8-9-17-24)26-23-18-21(14-15-22(23)25)27(19-10-4-2-5-11-19)20-12-6-3-7-13-20;1-22(2,3)24-21-16-19(14-15-20(21)23)25(17-10-6-4-7-11-17)18-12-8-5-9-13-18/h2-7,10-15,18H,8-9,16-17H2,1H3;4-16H,1-3H3/q2*+1. The molecule has 0 saturated heterocycles. The minimum absolute atomic E-state index is 0.252. The second kappa shape index (κ2) is 16.9. The largest absolute Gasteiger partial charge is 0.485 e. The molecule has 0 bridgehead atoms. The first kappa shape index (κ1) is 37.2. The molecule has 1 aliphatic rings. The summed E-state index contributed by atoms with van der Waals surface area (Å²) in [6.07, 6.45) is 4.27. The van der Waals surface area contributed by atoms with Crippen molar-refractivity contribution in [2.24, 2.45) is 0 Å². The van der Waals surface area contributed by atoms with Crippen molar-refractivity contribution >= 4 is 21.8 Å². The molecule has 0 atom stereocenters. The lowest BCUT2D eigenvalue weighted by Crippen LogP contribution is -2.28. The molecule has 52 heavy (non-hydrogen) atoms. The fraction of sp³-hybridized carbons (Fsp3) is 0.217. The van der Waals surface area contributed by atoms with E-state index < -0.39 is 5.60 Å². The van der Waals surface area contributed by atoms with E-state index in [1.807, 2.05) is 93.6 Å². The Hall–Kier alpha value is -4.52. The fourth-order valence-electron chi connectivity index (χ4n) is 6.24. The quantitative estimate of drug-likeness (QED) is 0.138.